The topological polar surface area (TPSA) is 370 Å². The molecule has 2 heterocycles. The molecule has 0 aliphatic rings. The number of nitrogens with two attached hydrogens (primary N) is 1. The number of carboxylic acid groups (broad SMARTS) is 1. The first kappa shape index (κ1) is 64.9. The van der Waals surface area contributed by atoms with Gasteiger partial charge in [0.05, 0.1) is 34.3 Å². The van der Waals surface area contributed by atoms with Gasteiger partial charge in [-0.2, -0.15) is 0 Å². The van der Waals surface area contributed by atoms with E-state index in [2.05, 4.69) is 41.9 Å². The summed E-state index contributed by atoms with van der Waals surface area (Å²) in [4.78, 5) is 108. The monoisotopic (exact) mass is 1220 g/mol. The lowest BCUT2D eigenvalue weighted by Gasteiger charge is -2.17. The third-order valence-electron chi connectivity index (χ3n) is 12.7. The fraction of sp³-hybridized carbons (Fsp3) is 0.194. The molecule has 0 spiro atoms. The number of phenolic OH excluding ortho intramolecular Hbond substituents is 1. The van der Waals surface area contributed by atoms with Crippen LogP contribution < -0.4 is 48.8 Å². The number of rotatable bonds is 22. The number of non-ortho nitro benzene ring substituents is 1. The summed E-state index contributed by atoms with van der Waals surface area (Å²) in [5, 5.41) is 55.8. The van der Waals surface area contributed by atoms with Crippen molar-refractivity contribution in [2.75, 3.05) is 16.4 Å². The molecule has 0 bridgehead atoms. The number of benzene rings is 6. The predicted octanol–water partition coefficient (Wildman–Crippen LogP) is 7.45. The third kappa shape index (κ3) is 18.4. The second-order valence-electron chi connectivity index (χ2n) is 20.4. The molecule has 2 aromatic heterocycles. The van der Waals surface area contributed by atoms with Gasteiger partial charge in [0.15, 0.2) is 11.6 Å². The zero-order valence-corrected chi connectivity index (χ0v) is 48.3. The van der Waals surface area contributed by atoms with Crippen LogP contribution in [0.3, 0.4) is 0 Å². The van der Waals surface area contributed by atoms with Gasteiger partial charge in [0.25, 0.3) is 28.6 Å². The Hall–Kier alpha value is -11.6. The summed E-state index contributed by atoms with van der Waals surface area (Å²) in [5.41, 5.74) is 7.95. The Kier molecular flexibility index (Phi) is 21.8. The van der Waals surface area contributed by atoms with E-state index < -0.39 is 76.2 Å². The molecule has 460 valence electrons. The maximum atomic E-state index is 13.7. The number of aliphatic carboxylic acids is 1. The number of carbonyl (C=O) groups is 5. The summed E-state index contributed by atoms with van der Waals surface area (Å²) >= 11 is 0. The number of amides is 4. The maximum absolute atomic E-state index is 13.7. The molecular weight excluding hydrogens is 1160 g/mol. The molecule has 27 heteroatoms. The molecule has 25 nitrogen and oxygen atoms in total. The highest BCUT2D eigenvalue weighted by Crippen LogP contribution is 2.28. The number of phenols is 1. The van der Waals surface area contributed by atoms with Gasteiger partial charge in [0, 0.05) is 71.8 Å². The van der Waals surface area contributed by atoms with Crippen LogP contribution in [0.5, 0.6) is 5.75 Å². The Balaban J connectivity index is 0.000000278. The fourth-order valence-electron chi connectivity index (χ4n) is 8.56. The molecule has 8 aromatic rings. The first-order valence-electron chi connectivity index (χ1n) is 27.3. The van der Waals surface area contributed by atoms with Crippen LogP contribution in [0.15, 0.2) is 155 Å². The Bertz CT molecular complexity index is 4070. The number of nitro groups is 1. The van der Waals surface area contributed by atoms with Crippen molar-refractivity contribution in [1.29, 1.82) is 5.41 Å². The van der Waals surface area contributed by atoms with Gasteiger partial charge in [0.2, 0.25) is 5.91 Å². The molecule has 11 N–H and O–H groups in total. The lowest BCUT2D eigenvalue weighted by Crippen LogP contribution is -2.35. The molecule has 0 aliphatic heterocycles. The van der Waals surface area contributed by atoms with Crippen LogP contribution in [0.2, 0.25) is 0 Å². The average molecular weight is 1220 g/mol. The van der Waals surface area contributed by atoms with Gasteiger partial charge in [0.1, 0.15) is 42.9 Å². The number of amidine groups is 1. The highest BCUT2D eigenvalue weighted by molar-refractivity contribution is 6.06. The molecule has 0 saturated carbocycles. The van der Waals surface area contributed by atoms with Crippen LogP contribution in [0, 0.1) is 27.2 Å². The van der Waals surface area contributed by atoms with E-state index in [-0.39, 0.29) is 101 Å². The number of halogens is 2. The van der Waals surface area contributed by atoms with Crippen molar-refractivity contribution in [2.24, 2.45) is 0 Å². The summed E-state index contributed by atoms with van der Waals surface area (Å²) in [5.74, 6) is -4.56. The second kappa shape index (κ2) is 29.9. The van der Waals surface area contributed by atoms with Crippen LogP contribution in [0.1, 0.15) is 76.2 Å². The van der Waals surface area contributed by atoms with Crippen molar-refractivity contribution in [3.63, 3.8) is 0 Å². The minimum atomic E-state index is -1.31. The van der Waals surface area contributed by atoms with Crippen molar-refractivity contribution in [3.8, 4) is 28.3 Å². The van der Waals surface area contributed by atoms with Gasteiger partial charge < -0.3 is 47.3 Å². The van der Waals surface area contributed by atoms with Crippen molar-refractivity contribution in [2.45, 2.75) is 79.1 Å². The van der Waals surface area contributed by atoms with E-state index in [1.807, 2.05) is 19.9 Å². The minimum Gasteiger partial charge on any atom is -0.507 e. The molecule has 0 saturated heterocycles. The molecule has 0 aliphatic carbocycles. The van der Waals surface area contributed by atoms with E-state index in [4.69, 9.17) is 15.9 Å². The van der Waals surface area contributed by atoms with Crippen LogP contribution in [-0.2, 0) is 53.7 Å². The summed E-state index contributed by atoms with van der Waals surface area (Å²) in [6.07, 6.45) is 1.76. The summed E-state index contributed by atoms with van der Waals surface area (Å²) in [6, 6.07) is 32.2. The van der Waals surface area contributed by atoms with E-state index in [0.717, 1.165) is 22.3 Å². The van der Waals surface area contributed by atoms with Crippen molar-refractivity contribution < 1.29 is 52.6 Å². The molecule has 4 amide bonds. The number of carboxylic acids is 1. The second-order valence-corrected chi connectivity index (χ2v) is 20.4. The molecule has 0 radical (unpaired) electrons. The first-order chi connectivity index (χ1) is 42.4. The number of ether oxygens (including phenoxy) is 1. The smallest absolute Gasteiger partial charge is 0.413 e. The average Bonchev–Trinajstić information content (AvgIpc) is 1.18. The number of aromatic nitrogens is 4. The Morgan fingerprint density at radius 3 is 1.65 bits per heavy atom. The van der Waals surface area contributed by atoms with Crippen LogP contribution in [0.4, 0.5) is 36.6 Å². The molecule has 0 fully saturated rings. The van der Waals surface area contributed by atoms with Crippen LogP contribution in [0.25, 0.3) is 22.5 Å². The standard InChI is InChI=1S/C39H39FN8O6.C23H22FN5O6/c1-23(2)46-36-38(52)48(32(20-44-36)27-15-28(17-30(41)16-27)37(51)45-18-24-8-11-29(40)12-9-24)21-34(50)43-19-26-10-13-31(33(49)14-26)35(42)47-39(53)54-22-25-6-4-3-5-7-25;1-13(2)27-21-23(33)28(12-20(30)31)19(11-25-21)15-7-16(9-18(8-15)29(34)35)22(32)26-10-14-3-5-17(24)6-4-14/h3-17,20,23,49H,18-19,21-22,41H2,1-2H3,(H,43,50)(H,44,46)(H,45,51)(H2,42,47,53);3-9,11,13H,10,12H2,1-2H3,(H,25,27)(H,26,32)(H,30,31). The first-order valence-corrected chi connectivity index (χ1v) is 27.3. The number of nitro benzene ring substituents is 1. The van der Waals surface area contributed by atoms with E-state index in [9.17, 15) is 62.7 Å². The quantitative estimate of drug-likeness (QED) is 0.0103. The summed E-state index contributed by atoms with van der Waals surface area (Å²) < 4.78 is 33.6. The number of anilines is 3. The van der Waals surface area contributed by atoms with E-state index in [0.29, 0.717) is 22.3 Å². The number of aromatic hydroxyl groups is 1. The Morgan fingerprint density at radius 1 is 0.652 bits per heavy atom. The van der Waals surface area contributed by atoms with Gasteiger partial charge in [-0.3, -0.25) is 58.7 Å². The lowest BCUT2D eigenvalue weighted by atomic mass is 10.1. The SMILES string of the molecule is CC(C)Nc1ncc(-c2cc(C(=O)NCc3ccc(F)cc3)cc([N+](=O)[O-])c2)n(CC(=O)O)c1=O.CC(C)Nc1ncc(-c2cc(N)cc(C(=O)NCc3ccc(F)cc3)c2)n(CC(=O)NCc2ccc(C(=N)NC(=O)OCc3ccccc3)c(O)c2)c1=O. The zero-order chi connectivity index (χ0) is 64.5. The largest absolute Gasteiger partial charge is 0.507 e. The Labute approximate surface area is 506 Å². The van der Waals surface area contributed by atoms with Crippen molar-refractivity contribution in [3.05, 3.63) is 227 Å². The fourth-order valence-corrected chi connectivity index (χ4v) is 8.56. The molecule has 0 unspecified atom stereocenters. The zero-order valence-electron chi connectivity index (χ0n) is 48.3. The summed E-state index contributed by atoms with van der Waals surface area (Å²) in [6.45, 7) is 6.18. The number of nitrogens with zero attached hydrogens (tertiary/aromatic N) is 5. The molecule has 6 aromatic carbocycles. The van der Waals surface area contributed by atoms with Crippen molar-refractivity contribution in [1.82, 2.24) is 40.4 Å². The number of hydrogen-bond acceptors (Lipinski definition) is 17. The lowest BCUT2D eigenvalue weighted by molar-refractivity contribution is -0.384. The number of alkyl carbamates (subject to hydrolysis) is 1. The Morgan fingerprint density at radius 2 is 1.15 bits per heavy atom. The highest BCUT2D eigenvalue weighted by Gasteiger charge is 2.22. The normalized spacial score (nSPS) is 10.7. The number of nitrogens with one attached hydrogen (secondary N) is 7. The number of carbonyl (C=O) groups excluding carboxylic acids is 4. The highest BCUT2D eigenvalue weighted by atomic mass is 19.1. The number of nitrogen functional groups attached to an aromatic ring is 1. The maximum Gasteiger partial charge on any atom is 0.413 e. The van der Waals surface area contributed by atoms with Crippen molar-refractivity contribution >= 4 is 58.6 Å². The van der Waals surface area contributed by atoms with Gasteiger partial charge in [-0.05, 0) is 111 Å². The van der Waals surface area contributed by atoms with Crippen LogP contribution in [-0.4, -0.2) is 81.9 Å². The molecule has 0 atom stereocenters. The third-order valence-corrected chi connectivity index (χ3v) is 12.7. The minimum absolute atomic E-state index is 0.00483. The molecule has 89 heavy (non-hydrogen) atoms. The number of hydrogen-bond donors (Lipinski definition) is 10. The van der Waals surface area contributed by atoms with E-state index in [1.54, 1.807) is 62.4 Å². The van der Waals surface area contributed by atoms with Crippen LogP contribution >= 0.6 is 0 Å². The molecular formula is C62H61F2N13O12. The van der Waals surface area contributed by atoms with E-state index >= 15 is 0 Å². The van der Waals surface area contributed by atoms with Gasteiger partial charge in [-0.1, -0.05) is 60.7 Å². The van der Waals surface area contributed by atoms with Gasteiger partial charge in [-0.15, -0.1) is 0 Å². The summed E-state index contributed by atoms with van der Waals surface area (Å²) in [7, 11) is 0. The van der Waals surface area contributed by atoms with Gasteiger partial charge in [-0.25, -0.2) is 23.5 Å². The van der Waals surface area contributed by atoms with Gasteiger partial charge >= 0.3 is 12.1 Å². The molecule has 8 rings (SSSR count). The van der Waals surface area contributed by atoms with E-state index in [1.165, 1.54) is 83.7 Å². The predicted molar refractivity (Wildman–Crippen MR) is 326 cm³/mol.